The van der Waals surface area contributed by atoms with Crippen LogP contribution in [-0.2, 0) is 7.05 Å². The highest BCUT2D eigenvalue weighted by molar-refractivity contribution is 6.90. The predicted molar refractivity (Wildman–Crippen MR) is 140 cm³/mol. The van der Waals surface area contributed by atoms with Crippen molar-refractivity contribution < 1.29 is 13.4 Å². The van der Waals surface area contributed by atoms with Crippen LogP contribution in [0.15, 0.2) is 46.9 Å². The summed E-state index contributed by atoms with van der Waals surface area (Å²) in [5, 5.41) is 4.79. The molecule has 0 aliphatic rings. The van der Waals surface area contributed by atoms with Crippen molar-refractivity contribution >= 4 is 46.1 Å². The molecule has 2 aromatic heterocycles. The maximum absolute atomic E-state index is 14.4. The van der Waals surface area contributed by atoms with Crippen LogP contribution in [0.25, 0.3) is 44.1 Å². The number of furan rings is 1. The Morgan fingerprint density at radius 3 is 2.18 bits per heavy atom. The lowest BCUT2D eigenvalue weighted by atomic mass is 9.95. The molecule has 0 bridgehead atoms. The third-order valence-electron chi connectivity index (χ3n) is 7.14. The molecule has 3 aromatic carbocycles. The van der Waals surface area contributed by atoms with Crippen molar-refractivity contribution in [2.24, 2.45) is 7.05 Å². The molecule has 0 spiro atoms. The first kappa shape index (κ1) is 21.8. The highest BCUT2D eigenvalue weighted by Gasteiger charge is 2.29. The Bertz CT molecular complexity index is 1600. The van der Waals surface area contributed by atoms with Crippen LogP contribution >= 0.6 is 0 Å². The third-order valence-corrected chi connectivity index (χ3v) is 9.17. The molecular formula is C29H31FNOSi+. The number of fused-ring (bicyclic) bond motifs is 4. The van der Waals surface area contributed by atoms with E-state index in [1.165, 1.54) is 32.8 Å². The number of nitrogens with zero attached hydrogens (tertiary/aromatic N) is 1. The average molecular weight is 457 g/mol. The van der Waals surface area contributed by atoms with E-state index in [2.05, 4.69) is 82.4 Å². The highest BCUT2D eigenvalue weighted by atomic mass is 28.3. The summed E-state index contributed by atoms with van der Waals surface area (Å²) in [6.45, 7) is 15.5. The summed E-state index contributed by atoms with van der Waals surface area (Å²) < 4.78 is 23.1. The zero-order valence-corrected chi connectivity index (χ0v) is 21.8. The summed E-state index contributed by atoms with van der Waals surface area (Å²) in [4.78, 5) is 0. The monoisotopic (exact) mass is 456 g/mol. The molecule has 0 radical (unpaired) electrons. The van der Waals surface area contributed by atoms with Gasteiger partial charge in [0.25, 0.3) is 0 Å². The molecular weight excluding hydrogens is 425 g/mol. The van der Waals surface area contributed by atoms with E-state index >= 15 is 0 Å². The van der Waals surface area contributed by atoms with E-state index in [0.717, 1.165) is 27.6 Å². The Morgan fingerprint density at radius 1 is 0.788 bits per heavy atom. The number of hydrogen-bond donors (Lipinski definition) is 0. The summed E-state index contributed by atoms with van der Waals surface area (Å²) in [5.74, 6) is -0.232. The van der Waals surface area contributed by atoms with Crippen molar-refractivity contribution in [3.05, 3.63) is 70.5 Å². The number of rotatable bonds is 2. The maximum Gasteiger partial charge on any atom is 0.216 e. The van der Waals surface area contributed by atoms with Crippen LogP contribution in [0.3, 0.4) is 0 Å². The van der Waals surface area contributed by atoms with E-state index in [9.17, 15) is 4.39 Å². The van der Waals surface area contributed by atoms with Gasteiger partial charge in [-0.05, 0) is 73.8 Å². The van der Waals surface area contributed by atoms with E-state index in [1.54, 1.807) is 13.0 Å². The Kier molecular flexibility index (Phi) is 4.80. The summed E-state index contributed by atoms with van der Waals surface area (Å²) in [6, 6.07) is 14.7. The van der Waals surface area contributed by atoms with Crippen molar-refractivity contribution in [3.63, 3.8) is 0 Å². The average Bonchev–Trinajstić information content (AvgIpc) is 3.10. The van der Waals surface area contributed by atoms with Gasteiger partial charge in [-0.15, -0.1) is 0 Å². The lowest BCUT2D eigenvalue weighted by Crippen LogP contribution is -2.43. The van der Waals surface area contributed by atoms with Crippen LogP contribution in [0.4, 0.5) is 4.39 Å². The molecule has 33 heavy (non-hydrogen) atoms. The van der Waals surface area contributed by atoms with Crippen molar-refractivity contribution in [1.29, 1.82) is 0 Å². The van der Waals surface area contributed by atoms with E-state index in [1.807, 2.05) is 6.07 Å². The molecule has 0 atom stereocenters. The highest BCUT2D eigenvalue weighted by Crippen LogP contribution is 2.40. The SMILES string of the molecule is Cc1ccc2c([Si](C)(C)C)cc(-c3c(C)c(C)cc4c3oc3c(C)c(F)ccc34)[n+](C)c2c1. The second kappa shape index (κ2) is 7.26. The zero-order valence-electron chi connectivity index (χ0n) is 20.8. The molecule has 0 unspecified atom stereocenters. The summed E-state index contributed by atoms with van der Waals surface area (Å²) >= 11 is 0. The molecule has 0 amide bonds. The number of benzene rings is 3. The van der Waals surface area contributed by atoms with Gasteiger partial charge in [-0.1, -0.05) is 25.7 Å². The minimum absolute atomic E-state index is 0.232. The Morgan fingerprint density at radius 2 is 1.48 bits per heavy atom. The second-order valence-corrected chi connectivity index (χ2v) is 15.5. The van der Waals surface area contributed by atoms with Gasteiger partial charge >= 0.3 is 0 Å². The molecule has 168 valence electrons. The number of pyridine rings is 1. The van der Waals surface area contributed by atoms with Gasteiger partial charge in [0.05, 0.1) is 13.6 Å². The fraction of sp³-hybridized carbons (Fsp3) is 0.276. The summed E-state index contributed by atoms with van der Waals surface area (Å²) in [7, 11) is 0.503. The van der Waals surface area contributed by atoms with Gasteiger partial charge in [0, 0.05) is 33.9 Å². The molecule has 2 heterocycles. The van der Waals surface area contributed by atoms with Gasteiger partial charge in [0.15, 0.2) is 0 Å². The molecule has 0 saturated heterocycles. The maximum atomic E-state index is 14.4. The molecule has 0 saturated carbocycles. The predicted octanol–water partition coefficient (Wildman–Crippen LogP) is 7.15. The molecule has 0 aliphatic heterocycles. The van der Waals surface area contributed by atoms with Gasteiger partial charge in [-0.25, -0.2) is 4.39 Å². The molecule has 5 rings (SSSR count). The van der Waals surface area contributed by atoms with Gasteiger partial charge < -0.3 is 4.42 Å². The third kappa shape index (κ3) is 3.23. The minimum atomic E-state index is -1.64. The van der Waals surface area contributed by atoms with E-state index in [4.69, 9.17) is 4.42 Å². The molecule has 0 aliphatic carbocycles. The van der Waals surface area contributed by atoms with Crippen molar-refractivity contribution in [3.8, 4) is 11.3 Å². The number of hydrogen-bond acceptors (Lipinski definition) is 1. The van der Waals surface area contributed by atoms with E-state index in [-0.39, 0.29) is 5.82 Å². The smallest absolute Gasteiger partial charge is 0.216 e. The molecule has 0 fully saturated rings. The fourth-order valence-corrected chi connectivity index (χ4v) is 6.66. The first-order chi connectivity index (χ1) is 15.5. The summed E-state index contributed by atoms with van der Waals surface area (Å²) in [5.41, 5.74) is 9.18. The lowest BCUT2D eigenvalue weighted by molar-refractivity contribution is -0.633. The first-order valence-corrected chi connectivity index (χ1v) is 15.0. The topological polar surface area (TPSA) is 17.0 Å². The lowest BCUT2D eigenvalue weighted by Gasteiger charge is -2.20. The van der Waals surface area contributed by atoms with Crippen LogP contribution in [-0.4, -0.2) is 8.07 Å². The van der Waals surface area contributed by atoms with Crippen LogP contribution in [0, 0.1) is 33.5 Å². The quantitative estimate of drug-likeness (QED) is 0.204. The largest absolute Gasteiger partial charge is 0.455 e. The normalized spacial score (nSPS) is 12.4. The molecule has 4 heteroatoms. The molecule has 2 nitrogen and oxygen atoms in total. The van der Waals surface area contributed by atoms with Crippen molar-refractivity contribution in [2.75, 3.05) is 0 Å². The minimum Gasteiger partial charge on any atom is -0.455 e. The van der Waals surface area contributed by atoms with Crippen LogP contribution in [0.5, 0.6) is 0 Å². The zero-order chi connectivity index (χ0) is 23.8. The van der Waals surface area contributed by atoms with Crippen LogP contribution < -0.4 is 9.75 Å². The van der Waals surface area contributed by atoms with Crippen LogP contribution in [0.1, 0.15) is 22.3 Å². The number of aromatic nitrogens is 1. The van der Waals surface area contributed by atoms with Gasteiger partial charge in [0.2, 0.25) is 11.2 Å². The fourth-order valence-electron chi connectivity index (χ4n) is 5.07. The van der Waals surface area contributed by atoms with Crippen molar-refractivity contribution in [1.82, 2.24) is 0 Å². The van der Waals surface area contributed by atoms with E-state index in [0.29, 0.717) is 11.1 Å². The Hall–Kier alpha value is -2.98. The standard InChI is InChI=1S/C29H31FNOSi/c1-16-9-10-21-24(13-16)31(5)25(15-26(21)33(6,7)8)27-18(3)17(2)14-22-20-11-12-23(30)19(4)28(20)32-29(22)27/h9-15H,1-8H3/q+1. The number of aryl methyl sites for hydroxylation is 4. The summed E-state index contributed by atoms with van der Waals surface area (Å²) in [6.07, 6.45) is 0. The van der Waals surface area contributed by atoms with E-state index < -0.39 is 8.07 Å². The molecule has 5 aromatic rings. The number of halogens is 1. The Balaban J connectivity index is 1.99. The van der Waals surface area contributed by atoms with Crippen molar-refractivity contribution in [2.45, 2.75) is 47.3 Å². The first-order valence-electron chi connectivity index (χ1n) is 11.5. The Labute approximate surface area is 195 Å². The van der Waals surface area contributed by atoms with Crippen LogP contribution in [0.2, 0.25) is 19.6 Å². The van der Waals surface area contributed by atoms with Gasteiger partial charge in [-0.2, -0.15) is 4.57 Å². The van der Waals surface area contributed by atoms with Gasteiger partial charge in [0.1, 0.15) is 24.0 Å². The second-order valence-electron chi connectivity index (χ2n) is 10.5. The van der Waals surface area contributed by atoms with Gasteiger partial charge in [-0.3, -0.25) is 0 Å². The molecule has 0 N–H and O–H groups in total.